The third-order valence-corrected chi connectivity index (χ3v) is 3.17. The van der Waals surface area contributed by atoms with Gasteiger partial charge in [-0.1, -0.05) is 11.6 Å². The number of hydrogen-bond acceptors (Lipinski definition) is 3. The lowest BCUT2D eigenvalue weighted by Crippen LogP contribution is -1.82. The van der Waals surface area contributed by atoms with Gasteiger partial charge in [0, 0.05) is 31.2 Å². The van der Waals surface area contributed by atoms with Gasteiger partial charge in [-0.15, -0.1) is 10.2 Å². The van der Waals surface area contributed by atoms with Crippen molar-refractivity contribution in [3.8, 4) is 11.5 Å². The Morgan fingerprint density at radius 2 is 2.00 bits per heavy atom. The van der Waals surface area contributed by atoms with Crippen LogP contribution in [0.5, 0.6) is 0 Å². The molecular weight excluding hydrogens is 429 g/mol. The highest BCUT2D eigenvalue weighted by atomic mass is 127. The number of nitrogens with zero attached hydrogens (tertiary/aromatic N) is 2. The Hall–Kier alpha value is 0.110. The van der Waals surface area contributed by atoms with Crippen LogP contribution in [0.25, 0.3) is 11.5 Å². The number of halogens is 3. The van der Waals surface area contributed by atoms with Gasteiger partial charge in [0.15, 0.2) is 0 Å². The standard InChI is InChI=1S/C8H3ClI2N2O/c9-4-1-2-6(10)5(3-4)7-12-13-8(11)14-7/h1-3H. The normalized spacial score (nSPS) is 10.5. The summed E-state index contributed by atoms with van der Waals surface area (Å²) in [5.74, 6) is 0.501. The molecule has 0 spiro atoms. The second-order valence-electron chi connectivity index (χ2n) is 2.48. The van der Waals surface area contributed by atoms with Crippen LogP contribution in [0.15, 0.2) is 22.6 Å². The quantitative estimate of drug-likeness (QED) is 0.647. The zero-order valence-corrected chi connectivity index (χ0v) is 11.7. The van der Waals surface area contributed by atoms with E-state index in [1.54, 1.807) is 0 Å². The summed E-state index contributed by atoms with van der Waals surface area (Å²) < 4.78 is 6.86. The highest BCUT2D eigenvalue weighted by Crippen LogP contribution is 2.27. The van der Waals surface area contributed by atoms with Gasteiger partial charge >= 0.3 is 0 Å². The number of rotatable bonds is 1. The maximum Gasteiger partial charge on any atom is 0.278 e. The molecule has 0 radical (unpaired) electrons. The molecule has 0 aliphatic rings. The van der Waals surface area contributed by atoms with Crippen LogP contribution in [0.4, 0.5) is 0 Å². The molecule has 2 rings (SSSR count). The SMILES string of the molecule is Clc1ccc(I)c(-c2nnc(I)o2)c1. The molecule has 72 valence electrons. The summed E-state index contributed by atoms with van der Waals surface area (Å²) in [4.78, 5) is 0. The lowest BCUT2D eigenvalue weighted by Gasteiger charge is -1.98. The van der Waals surface area contributed by atoms with E-state index in [1.807, 2.05) is 40.8 Å². The second-order valence-corrected chi connectivity index (χ2v) is 5.01. The van der Waals surface area contributed by atoms with Gasteiger partial charge in [-0.25, -0.2) is 0 Å². The van der Waals surface area contributed by atoms with Crippen molar-refractivity contribution in [1.29, 1.82) is 0 Å². The van der Waals surface area contributed by atoms with E-state index in [0.717, 1.165) is 9.13 Å². The summed E-state index contributed by atoms with van der Waals surface area (Å²) in [6, 6.07) is 5.55. The van der Waals surface area contributed by atoms with Gasteiger partial charge in [0.25, 0.3) is 3.90 Å². The first-order chi connectivity index (χ1) is 6.66. The van der Waals surface area contributed by atoms with Crippen molar-refractivity contribution in [2.24, 2.45) is 0 Å². The Labute approximate surface area is 113 Å². The molecule has 0 saturated heterocycles. The molecule has 0 N–H and O–H groups in total. The average Bonchev–Trinajstić information content (AvgIpc) is 2.56. The molecule has 0 aliphatic carbocycles. The molecule has 6 heteroatoms. The molecule has 2 aromatic rings. The number of aromatic nitrogens is 2. The van der Waals surface area contributed by atoms with Crippen LogP contribution in [-0.4, -0.2) is 10.2 Å². The summed E-state index contributed by atoms with van der Waals surface area (Å²) in [7, 11) is 0. The molecule has 0 unspecified atom stereocenters. The molecule has 0 atom stereocenters. The summed E-state index contributed by atoms with van der Waals surface area (Å²) in [5.41, 5.74) is 0.869. The molecule has 0 saturated carbocycles. The summed E-state index contributed by atoms with van der Waals surface area (Å²) in [5, 5.41) is 8.35. The first kappa shape index (κ1) is 10.6. The van der Waals surface area contributed by atoms with E-state index >= 15 is 0 Å². The molecule has 0 fully saturated rings. The van der Waals surface area contributed by atoms with Crippen LogP contribution in [0.3, 0.4) is 0 Å². The van der Waals surface area contributed by atoms with Crippen molar-refractivity contribution < 1.29 is 4.42 Å². The van der Waals surface area contributed by atoms with Crippen molar-refractivity contribution in [2.75, 3.05) is 0 Å². The molecule has 0 bridgehead atoms. The Morgan fingerprint density at radius 3 is 2.64 bits per heavy atom. The summed E-state index contributed by atoms with van der Waals surface area (Å²) in [6.45, 7) is 0. The van der Waals surface area contributed by atoms with Gasteiger partial charge in [0.2, 0.25) is 5.89 Å². The minimum atomic E-state index is 0.501. The Kier molecular flexibility index (Phi) is 3.27. The number of hydrogen-bond donors (Lipinski definition) is 0. The lowest BCUT2D eigenvalue weighted by molar-refractivity contribution is 0.536. The van der Waals surface area contributed by atoms with Crippen LogP contribution in [0, 0.1) is 7.47 Å². The summed E-state index contributed by atoms with van der Waals surface area (Å²) in [6.07, 6.45) is 0. The van der Waals surface area contributed by atoms with Gasteiger partial charge < -0.3 is 4.42 Å². The Morgan fingerprint density at radius 1 is 1.21 bits per heavy atom. The fourth-order valence-electron chi connectivity index (χ4n) is 0.976. The Balaban J connectivity index is 2.55. The zero-order valence-electron chi connectivity index (χ0n) is 6.67. The lowest BCUT2D eigenvalue weighted by atomic mass is 10.2. The van der Waals surface area contributed by atoms with Crippen LogP contribution < -0.4 is 0 Å². The van der Waals surface area contributed by atoms with Crippen molar-refractivity contribution >= 4 is 56.8 Å². The molecule has 3 nitrogen and oxygen atoms in total. The average molecular weight is 432 g/mol. The Bertz CT molecular complexity index is 472. The smallest absolute Gasteiger partial charge is 0.278 e. The first-order valence-electron chi connectivity index (χ1n) is 3.61. The van der Waals surface area contributed by atoms with E-state index in [9.17, 15) is 0 Å². The predicted octanol–water partition coefficient (Wildman–Crippen LogP) is 3.60. The van der Waals surface area contributed by atoms with Gasteiger partial charge in [0.1, 0.15) is 0 Å². The van der Waals surface area contributed by atoms with Crippen molar-refractivity contribution in [3.63, 3.8) is 0 Å². The maximum atomic E-state index is 5.88. The third-order valence-electron chi connectivity index (χ3n) is 1.56. The zero-order chi connectivity index (χ0) is 10.1. The van der Waals surface area contributed by atoms with Gasteiger partial charge in [-0.2, -0.15) is 0 Å². The van der Waals surface area contributed by atoms with Crippen molar-refractivity contribution in [2.45, 2.75) is 0 Å². The molecule has 1 aromatic heterocycles. The van der Waals surface area contributed by atoms with E-state index in [2.05, 4.69) is 32.8 Å². The van der Waals surface area contributed by atoms with E-state index in [-0.39, 0.29) is 0 Å². The van der Waals surface area contributed by atoms with Crippen molar-refractivity contribution in [1.82, 2.24) is 10.2 Å². The highest BCUT2D eigenvalue weighted by molar-refractivity contribution is 14.1. The van der Waals surface area contributed by atoms with Crippen LogP contribution >= 0.6 is 56.8 Å². The molecule has 14 heavy (non-hydrogen) atoms. The largest absolute Gasteiger partial charge is 0.412 e. The second kappa shape index (κ2) is 4.31. The van der Waals surface area contributed by atoms with Gasteiger partial charge in [-0.05, 0) is 40.8 Å². The predicted molar refractivity (Wildman–Crippen MR) is 70.2 cm³/mol. The van der Waals surface area contributed by atoms with Crippen LogP contribution in [-0.2, 0) is 0 Å². The molecular formula is C8H3ClI2N2O. The van der Waals surface area contributed by atoms with Gasteiger partial charge in [-0.3, -0.25) is 0 Å². The van der Waals surface area contributed by atoms with E-state index in [4.69, 9.17) is 16.0 Å². The third kappa shape index (κ3) is 2.19. The minimum Gasteiger partial charge on any atom is -0.412 e. The van der Waals surface area contributed by atoms with Crippen LogP contribution in [0.2, 0.25) is 5.02 Å². The van der Waals surface area contributed by atoms with Crippen molar-refractivity contribution in [3.05, 3.63) is 30.7 Å². The van der Waals surface area contributed by atoms with E-state index in [1.165, 1.54) is 0 Å². The van der Waals surface area contributed by atoms with Crippen LogP contribution in [0.1, 0.15) is 0 Å². The molecule has 1 heterocycles. The van der Waals surface area contributed by atoms with Gasteiger partial charge in [0.05, 0.1) is 5.56 Å². The highest BCUT2D eigenvalue weighted by Gasteiger charge is 2.10. The monoisotopic (exact) mass is 432 g/mol. The number of benzene rings is 1. The molecule has 0 amide bonds. The maximum absolute atomic E-state index is 5.88. The fraction of sp³-hybridized carbons (Fsp3) is 0. The first-order valence-corrected chi connectivity index (χ1v) is 6.15. The topological polar surface area (TPSA) is 38.9 Å². The summed E-state index contributed by atoms with van der Waals surface area (Å²) >= 11 is 10.1. The minimum absolute atomic E-state index is 0.501. The van der Waals surface area contributed by atoms with E-state index < -0.39 is 0 Å². The molecule has 1 aromatic carbocycles. The fourth-order valence-corrected chi connectivity index (χ4v) is 2.03. The molecule has 0 aliphatic heterocycles. The van der Waals surface area contributed by atoms with E-state index in [0.29, 0.717) is 14.8 Å².